The van der Waals surface area contributed by atoms with Crippen LogP contribution in [0.4, 0.5) is 0 Å². The predicted molar refractivity (Wildman–Crippen MR) is 213 cm³/mol. The van der Waals surface area contributed by atoms with Crippen LogP contribution in [0.1, 0.15) is 12.7 Å². The van der Waals surface area contributed by atoms with Gasteiger partial charge in [-0.2, -0.15) is 0 Å². The molecule has 3 heterocycles. The zero-order valence-corrected chi connectivity index (χ0v) is 28.5. The Morgan fingerprint density at radius 3 is 1.67 bits per heavy atom. The van der Waals surface area contributed by atoms with E-state index >= 15 is 0 Å². The lowest BCUT2D eigenvalue weighted by atomic mass is 9.99. The summed E-state index contributed by atoms with van der Waals surface area (Å²) in [6, 6.07) is 57.4. The number of nitrogens with zero attached hydrogens (tertiary/aromatic N) is 4. The van der Waals surface area contributed by atoms with Gasteiger partial charge in [-0.1, -0.05) is 140 Å². The van der Waals surface area contributed by atoms with Crippen molar-refractivity contribution in [2.24, 2.45) is 0 Å². The van der Waals surface area contributed by atoms with E-state index in [1.807, 2.05) is 30.3 Å². The zero-order chi connectivity index (χ0) is 34.6. The van der Waals surface area contributed by atoms with Crippen LogP contribution in [0, 0.1) is 0 Å². The Bertz CT molecular complexity index is 2920. The van der Waals surface area contributed by atoms with E-state index < -0.39 is 0 Å². The number of aryl methyl sites for hydroxylation is 1. The molecule has 0 unspecified atom stereocenters. The van der Waals surface area contributed by atoms with Crippen LogP contribution in [0.25, 0.3) is 94.5 Å². The molecular weight excluding hydrogens is 637 g/mol. The quantitative estimate of drug-likeness (QED) is 0.177. The Morgan fingerprint density at radius 1 is 0.442 bits per heavy atom. The maximum Gasteiger partial charge on any atom is 0.163 e. The molecule has 0 aliphatic carbocycles. The van der Waals surface area contributed by atoms with Gasteiger partial charge in [-0.3, -0.25) is 0 Å². The number of benzene rings is 7. The van der Waals surface area contributed by atoms with Gasteiger partial charge in [-0.05, 0) is 41.5 Å². The Kier molecular flexibility index (Phi) is 7.03. The van der Waals surface area contributed by atoms with Crippen LogP contribution in [-0.4, -0.2) is 19.5 Å². The highest BCUT2D eigenvalue weighted by molar-refractivity contribution is 6.15. The van der Waals surface area contributed by atoms with Crippen molar-refractivity contribution < 1.29 is 4.42 Å². The van der Waals surface area contributed by atoms with Gasteiger partial charge in [0.25, 0.3) is 0 Å². The van der Waals surface area contributed by atoms with Gasteiger partial charge in [-0.15, -0.1) is 0 Å². The molecule has 0 amide bonds. The van der Waals surface area contributed by atoms with Gasteiger partial charge in [0, 0.05) is 55.9 Å². The molecule has 0 spiro atoms. The van der Waals surface area contributed by atoms with Gasteiger partial charge in [0.05, 0.1) is 11.0 Å². The van der Waals surface area contributed by atoms with Crippen molar-refractivity contribution in [3.8, 4) is 50.7 Å². The molecule has 7 aromatic carbocycles. The van der Waals surface area contributed by atoms with Crippen molar-refractivity contribution in [3.05, 3.63) is 170 Å². The first-order valence-electron chi connectivity index (χ1n) is 17.7. The fourth-order valence-corrected chi connectivity index (χ4v) is 7.49. The smallest absolute Gasteiger partial charge is 0.163 e. The molecule has 0 atom stereocenters. The van der Waals surface area contributed by atoms with Gasteiger partial charge in [0.2, 0.25) is 0 Å². The Balaban J connectivity index is 1.07. The van der Waals surface area contributed by atoms with E-state index in [1.165, 1.54) is 21.8 Å². The van der Waals surface area contributed by atoms with Crippen molar-refractivity contribution in [1.82, 2.24) is 19.5 Å². The average Bonchev–Trinajstić information content (AvgIpc) is 3.77. The van der Waals surface area contributed by atoms with Crippen LogP contribution in [0.3, 0.4) is 0 Å². The summed E-state index contributed by atoms with van der Waals surface area (Å²) < 4.78 is 9.22. The van der Waals surface area contributed by atoms with Crippen molar-refractivity contribution >= 4 is 43.7 Å². The summed E-state index contributed by atoms with van der Waals surface area (Å²) >= 11 is 0. The first kappa shape index (κ1) is 30.0. The molecule has 10 aromatic rings. The standard InChI is InChI=1S/C47H32N4O/c1-2-43-48-46(31-13-5-3-6-14-31)50-47(49-43)32-25-23-30(24-26-32)35-18-11-20-38-39-21-12-19-36(45(39)52-44(35)38)33-27-28-42-40(29-33)37-17-9-10-22-41(37)51(42)34-15-7-4-8-16-34/h3-29H,2H2,1H3. The second-order valence-electron chi connectivity index (χ2n) is 13.1. The lowest BCUT2D eigenvalue weighted by Gasteiger charge is -2.08. The summed E-state index contributed by atoms with van der Waals surface area (Å²) in [6.45, 7) is 2.07. The largest absolute Gasteiger partial charge is 0.455 e. The molecule has 10 rings (SSSR count). The third-order valence-electron chi connectivity index (χ3n) is 10.0. The molecule has 0 saturated heterocycles. The topological polar surface area (TPSA) is 56.7 Å². The number of para-hydroxylation sites is 4. The minimum Gasteiger partial charge on any atom is -0.455 e. The van der Waals surface area contributed by atoms with E-state index in [2.05, 4.69) is 145 Å². The van der Waals surface area contributed by atoms with E-state index in [9.17, 15) is 0 Å². The fraction of sp³-hybridized carbons (Fsp3) is 0.0426. The van der Waals surface area contributed by atoms with E-state index in [-0.39, 0.29) is 0 Å². The lowest BCUT2D eigenvalue weighted by Crippen LogP contribution is -2.02. The number of furan rings is 1. The Labute approximate surface area is 300 Å². The third kappa shape index (κ3) is 4.89. The summed E-state index contributed by atoms with van der Waals surface area (Å²) in [5, 5.41) is 4.64. The summed E-state index contributed by atoms with van der Waals surface area (Å²) in [5.74, 6) is 2.14. The third-order valence-corrected chi connectivity index (χ3v) is 10.0. The first-order valence-corrected chi connectivity index (χ1v) is 17.7. The highest BCUT2D eigenvalue weighted by Gasteiger charge is 2.18. The number of fused-ring (bicyclic) bond motifs is 6. The molecule has 0 saturated carbocycles. The second-order valence-corrected chi connectivity index (χ2v) is 13.1. The van der Waals surface area contributed by atoms with Gasteiger partial charge < -0.3 is 8.98 Å². The molecule has 5 heteroatoms. The molecule has 246 valence electrons. The van der Waals surface area contributed by atoms with Crippen LogP contribution in [0.15, 0.2) is 168 Å². The first-order chi connectivity index (χ1) is 25.7. The molecular formula is C47H32N4O. The SMILES string of the molecule is CCc1nc(-c2ccccc2)nc(-c2ccc(-c3cccc4c3oc3c(-c5ccc6c(c5)c5ccccc5n6-c5ccccc5)cccc34)cc2)n1. The molecule has 52 heavy (non-hydrogen) atoms. The van der Waals surface area contributed by atoms with E-state index in [1.54, 1.807) is 0 Å². The van der Waals surface area contributed by atoms with Crippen molar-refractivity contribution in [1.29, 1.82) is 0 Å². The van der Waals surface area contributed by atoms with E-state index in [0.29, 0.717) is 11.6 Å². The van der Waals surface area contributed by atoms with Crippen LogP contribution >= 0.6 is 0 Å². The minimum atomic E-state index is 0.674. The summed E-state index contributed by atoms with van der Waals surface area (Å²) in [7, 11) is 0. The zero-order valence-electron chi connectivity index (χ0n) is 28.5. The number of rotatable bonds is 6. The highest BCUT2D eigenvalue weighted by Crippen LogP contribution is 2.42. The number of hydrogen-bond donors (Lipinski definition) is 0. The van der Waals surface area contributed by atoms with Crippen molar-refractivity contribution in [3.63, 3.8) is 0 Å². The summed E-state index contributed by atoms with van der Waals surface area (Å²) in [4.78, 5) is 14.3. The van der Waals surface area contributed by atoms with Crippen molar-refractivity contribution in [2.45, 2.75) is 13.3 Å². The summed E-state index contributed by atoms with van der Waals surface area (Å²) in [6.07, 6.45) is 0.731. The fourth-order valence-electron chi connectivity index (χ4n) is 7.49. The van der Waals surface area contributed by atoms with Crippen LogP contribution in [-0.2, 0) is 6.42 Å². The van der Waals surface area contributed by atoms with Crippen LogP contribution in [0.5, 0.6) is 0 Å². The maximum atomic E-state index is 6.87. The highest BCUT2D eigenvalue weighted by atomic mass is 16.3. The molecule has 0 aliphatic heterocycles. The lowest BCUT2D eigenvalue weighted by molar-refractivity contribution is 0.671. The van der Waals surface area contributed by atoms with Gasteiger partial charge in [0.1, 0.15) is 17.0 Å². The van der Waals surface area contributed by atoms with E-state index in [4.69, 9.17) is 19.4 Å². The van der Waals surface area contributed by atoms with Gasteiger partial charge >= 0.3 is 0 Å². The second kappa shape index (κ2) is 12.2. The predicted octanol–water partition coefficient (Wildman–Crippen LogP) is 12.1. The molecule has 0 bridgehead atoms. The monoisotopic (exact) mass is 668 g/mol. The molecule has 0 fully saturated rings. The van der Waals surface area contributed by atoms with Gasteiger partial charge in [0.15, 0.2) is 11.6 Å². The molecule has 0 aliphatic rings. The van der Waals surface area contributed by atoms with Crippen molar-refractivity contribution in [2.75, 3.05) is 0 Å². The number of aromatic nitrogens is 4. The molecule has 5 nitrogen and oxygen atoms in total. The van der Waals surface area contributed by atoms with Crippen LogP contribution in [0.2, 0.25) is 0 Å². The van der Waals surface area contributed by atoms with Gasteiger partial charge in [-0.25, -0.2) is 15.0 Å². The Morgan fingerprint density at radius 2 is 0.981 bits per heavy atom. The normalized spacial score (nSPS) is 11.6. The van der Waals surface area contributed by atoms with E-state index in [0.717, 1.165) is 73.3 Å². The molecule has 0 radical (unpaired) electrons. The molecule has 0 N–H and O–H groups in total. The maximum absolute atomic E-state index is 6.87. The average molecular weight is 669 g/mol. The minimum absolute atomic E-state index is 0.674. The van der Waals surface area contributed by atoms with Crippen LogP contribution < -0.4 is 0 Å². The number of hydrogen-bond acceptors (Lipinski definition) is 4. The Hall–Kier alpha value is -6.85. The molecule has 3 aromatic heterocycles. The summed E-state index contributed by atoms with van der Waals surface area (Å²) in [5.41, 5.74) is 11.5.